The number of hydrogen-bond donors (Lipinski definition) is 3. The van der Waals surface area contributed by atoms with Crippen molar-refractivity contribution in [2.75, 3.05) is 51.0 Å². The summed E-state index contributed by atoms with van der Waals surface area (Å²) >= 11 is 12.5. The Morgan fingerprint density at radius 2 is 1.75 bits per heavy atom. The van der Waals surface area contributed by atoms with Crippen LogP contribution in [0.1, 0.15) is 38.3 Å². The largest absolute Gasteiger partial charge is 0.506 e. The fourth-order valence-corrected chi connectivity index (χ4v) is 5.50. The summed E-state index contributed by atoms with van der Waals surface area (Å²) in [5.41, 5.74) is 1.46. The summed E-state index contributed by atoms with van der Waals surface area (Å²) < 4.78 is 47.2. The van der Waals surface area contributed by atoms with E-state index < -0.39 is 17.6 Å². The number of carbonyl (C=O) groups is 1. The van der Waals surface area contributed by atoms with E-state index in [1.54, 1.807) is 30.3 Å². The van der Waals surface area contributed by atoms with Crippen LogP contribution in [0, 0.1) is 18.8 Å². The maximum Gasteiger partial charge on any atom is 0.416 e. The fourth-order valence-electron chi connectivity index (χ4n) is 4.99. The maximum atomic E-state index is 14.0. The van der Waals surface area contributed by atoms with Crippen LogP contribution in [-0.2, 0) is 12.7 Å². The van der Waals surface area contributed by atoms with Crippen molar-refractivity contribution >= 4 is 46.3 Å². The highest BCUT2D eigenvalue weighted by Gasteiger charge is 2.34. The van der Waals surface area contributed by atoms with Gasteiger partial charge in [0.2, 0.25) is 0 Å². The number of phenolic OH excluding ortho intramolecular Hbond substituents is 1. The number of amides is 1. The van der Waals surface area contributed by atoms with Crippen LogP contribution in [0.25, 0.3) is 0 Å². The summed E-state index contributed by atoms with van der Waals surface area (Å²) in [7, 11) is 3.38. The van der Waals surface area contributed by atoms with E-state index in [0.717, 1.165) is 24.7 Å². The van der Waals surface area contributed by atoms with Gasteiger partial charge in [0, 0.05) is 55.6 Å². The number of nitrogens with one attached hydrogen (secondary N) is 2. The van der Waals surface area contributed by atoms with Gasteiger partial charge in [0.25, 0.3) is 5.91 Å². The van der Waals surface area contributed by atoms with E-state index in [2.05, 4.69) is 37.6 Å². The normalized spacial score (nSPS) is 13.8. The molecule has 5 rings (SSSR count). The molecule has 9 nitrogen and oxygen atoms in total. The van der Waals surface area contributed by atoms with Crippen molar-refractivity contribution < 1.29 is 27.8 Å². The van der Waals surface area contributed by atoms with Gasteiger partial charge in [0.05, 0.1) is 18.4 Å². The number of aromatic hydroxyl groups is 1. The predicted molar refractivity (Wildman–Crippen MR) is 179 cm³/mol. The second-order valence-electron chi connectivity index (χ2n) is 11.2. The third-order valence-corrected chi connectivity index (χ3v) is 8.53. The SMILES string of the molecule is COc1cc(O)c(Cl)c(Nc2ccc(C#Cc3cc(C(=O)Nc4ccc(CN5CCN(C)CC5)c(C(F)(F)F)c4)ccc3C)nn2)c1Cl. The Labute approximate surface area is 285 Å². The highest BCUT2D eigenvalue weighted by Crippen LogP contribution is 2.44. The van der Waals surface area contributed by atoms with Crippen molar-refractivity contribution in [1.29, 1.82) is 0 Å². The molecule has 0 radical (unpaired) electrons. The Kier molecular flexibility index (Phi) is 10.7. The minimum atomic E-state index is -4.58. The lowest BCUT2D eigenvalue weighted by Crippen LogP contribution is -2.44. The second-order valence-corrected chi connectivity index (χ2v) is 12.0. The van der Waals surface area contributed by atoms with Gasteiger partial charge >= 0.3 is 6.18 Å². The van der Waals surface area contributed by atoms with Crippen molar-refractivity contribution in [2.45, 2.75) is 19.6 Å². The van der Waals surface area contributed by atoms with Gasteiger partial charge in [0.15, 0.2) is 5.82 Å². The molecule has 1 saturated heterocycles. The minimum absolute atomic E-state index is 0.0233. The zero-order valence-electron chi connectivity index (χ0n) is 26.2. The van der Waals surface area contributed by atoms with Crippen molar-refractivity contribution in [3.05, 3.63) is 98.2 Å². The summed E-state index contributed by atoms with van der Waals surface area (Å²) in [6, 6.07) is 13.2. The third kappa shape index (κ3) is 8.29. The van der Waals surface area contributed by atoms with Gasteiger partial charge in [-0.15, -0.1) is 10.2 Å². The molecule has 48 heavy (non-hydrogen) atoms. The number of ether oxygens (including phenoxy) is 1. The van der Waals surface area contributed by atoms with Gasteiger partial charge in [-0.1, -0.05) is 41.3 Å². The second kappa shape index (κ2) is 14.7. The summed E-state index contributed by atoms with van der Waals surface area (Å²) in [4.78, 5) is 17.2. The lowest BCUT2D eigenvalue weighted by molar-refractivity contribution is -0.138. The van der Waals surface area contributed by atoms with Crippen LogP contribution in [-0.4, -0.2) is 71.3 Å². The van der Waals surface area contributed by atoms with Gasteiger partial charge in [-0.3, -0.25) is 9.69 Å². The number of halogens is 5. The third-order valence-electron chi connectivity index (χ3n) is 7.77. The van der Waals surface area contributed by atoms with E-state index in [9.17, 15) is 23.1 Å². The number of methoxy groups -OCH3 is 1. The fraction of sp³-hybridized carbons (Fsp3) is 0.265. The summed E-state index contributed by atoms with van der Waals surface area (Å²) in [5.74, 6) is 5.55. The quantitative estimate of drug-likeness (QED) is 0.178. The molecule has 1 aliphatic rings. The Morgan fingerprint density at radius 1 is 1.00 bits per heavy atom. The van der Waals surface area contributed by atoms with Crippen LogP contribution in [0.2, 0.25) is 10.0 Å². The molecule has 2 heterocycles. The number of anilines is 3. The van der Waals surface area contributed by atoms with Crippen LogP contribution in [0.15, 0.2) is 54.6 Å². The van der Waals surface area contributed by atoms with Crippen LogP contribution < -0.4 is 15.4 Å². The molecule has 0 atom stereocenters. The van der Waals surface area contributed by atoms with E-state index in [1.807, 2.05) is 18.9 Å². The summed E-state index contributed by atoms with van der Waals surface area (Å²) in [5, 5.41) is 23.9. The van der Waals surface area contributed by atoms with Crippen LogP contribution in [0.4, 0.5) is 30.4 Å². The van der Waals surface area contributed by atoms with Crippen molar-refractivity contribution in [3.8, 4) is 23.3 Å². The first kappa shape index (κ1) is 34.8. The predicted octanol–water partition coefficient (Wildman–Crippen LogP) is 6.97. The van der Waals surface area contributed by atoms with E-state index in [0.29, 0.717) is 24.3 Å². The smallest absolute Gasteiger partial charge is 0.416 e. The molecular formula is C34H31Cl2F3N6O3. The number of piperazine rings is 1. The molecule has 4 aromatic rings. The molecule has 3 aromatic carbocycles. The highest BCUT2D eigenvalue weighted by atomic mass is 35.5. The van der Waals surface area contributed by atoms with E-state index in [1.165, 1.54) is 25.3 Å². The first-order valence-corrected chi connectivity index (χ1v) is 15.5. The molecule has 1 aliphatic heterocycles. The first-order chi connectivity index (χ1) is 22.8. The van der Waals surface area contributed by atoms with Crippen molar-refractivity contribution in [1.82, 2.24) is 20.0 Å². The standard InChI is InChI=1S/C34H31Cl2F3N6O3/c1-20-4-5-22(33(47)40-25-9-7-23(26(17-25)34(37,38)39)19-45-14-12-44(2)13-15-45)16-21(20)6-8-24-10-11-29(43-42-24)41-32-30(35)27(46)18-28(48-3)31(32)36/h4-5,7,9-11,16-18,46H,12-15,19H2,1-3H3,(H,40,47)(H,41,43). The van der Waals surface area contributed by atoms with Gasteiger partial charge in [-0.05, 0) is 67.4 Å². The molecule has 250 valence electrons. The monoisotopic (exact) mass is 698 g/mol. The molecule has 0 aliphatic carbocycles. The number of hydrogen-bond acceptors (Lipinski definition) is 8. The molecule has 14 heteroatoms. The average Bonchev–Trinajstić information content (AvgIpc) is 3.06. The van der Waals surface area contributed by atoms with Gasteiger partial charge in [-0.25, -0.2) is 0 Å². The number of alkyl halides is 3. The number of carbonyl (C=O) groups excluding carboxylic acids is 1. The lowest BCUT2D eigenvalue weighted by atomic mass is 10.0. The molecule has 1 aromatic heterocycles. The topological polar surface area (TPSA) is 103 Å². The van der Waals surface area contributed by atoms with Crippen LogP contribution >= 0.6 is 23.2 Å². The molecule has 0 bridgehead atoms. The maximum absolute atomic E-state index is 14.0. The highest BCUT2D eigenvalue weighted by molar-refractivity contribution is 6.41. The Balaban J connectivity index is 1.29. The van der Waals surface area contributed by atoms with Gasteiger partial charge < -0.3 is 25.4 Å². The molecule has 3 N–H and O–H groups in total. The molecule has 1 amide bonds. The van der Waals surface area contributed by atoms with Gasteiger partial charge in [-0.2, -0.15) is 13.2 Å². The minimum Gasteiger partial charge on any atom is -0.506 e. The van der Waals surface area contributed by atoms with E-state index in [-0.39, 0.29) is 56.4 Å². The number of phenols is 1. The zero-order chi connectivity index (χ0) is 34.6. The molecular weight excluding hydrogens is 668 g/mol. The first-order valence-electron chi connectivity index (χ1n) is 14.7. The van der Waals surface area contributed by atoms with E-state index in [4.69, 9.17) is 27.9 Å². The summed E-state index contributed by atoms with van der Waals surface area (Å²) in [6.45, 7) is 4.94. The Morgan fingerprint density at radius 3 is 2.42 bits per heavy atom. The number of nitrogens with zero attached hydrogens (tertiary/aromatic N) is 4. The number of aryl methyl sites for hydroxylation is 1. The number of benzene rings is 3. The van der Waals surface area contributed by atoms with Crippen molar-refractivity contribution in [3.63, 3.8) is 0 Å². The summed E-state index contributed by atoms with van der Waals surface area (Å²) in [6.07, 6.45) is -4.58. The Hall–Kier alpha value is -4.54. The molecule has 0 spiro atoms. The van der Waals surface area contributed by atoms with Crippen LogP contribution in [0.3, 0.4) is 0 Å². The number of likely N-dealkylation sites (N-methyl/N-ethyl adjacent to an activating group) is 1. The van der Waals surface area contributed by atoms with E-state index >= 15 is 0 Å². The van der Waals surface area contributed by atoms with Gasteiger partial charge in [0.1, 0.15) is 27.2 Å². The Bertz CT molecular complexity index is 1890. The lowest BCUT2D eigenvalue weighted by Gasteiger charge is -2.33. The molecule has 0 saturated carbocycles. The van der Waals surface area contributed by atoms with Crippen molar-refractivity contribution in [2.24, 2.45) is 0 Å². The molecule has 1 fully saturated rings. The number of aromatic nitrogens is 2. The van der Waals surface area contributed by atoms with Crippen LogP contribution in [0.5, 0.6) is 11.5 Å². The average molecular weight is 700 g/mol. The number of rotatable bonds is 7. The zero-order valence-corrected chi connectivity index (χ0v) is 27.7. The molecule has 0 unspecified atom stereocenters.